The van der Waals surface area contributed by atoms with Gasteiger partial charge >= 0.3 is 0 Å². The van der Waals surface area contributed by atoms with Crippen LogP contribution in [0.2, 0.25) is 0 Å². The molecule has 0 aliphatic carbocycles. The van der Waals surface area contributed by atoms with Gasteiger partial charge in [-0.05, 0) is 37.6 Å². The average molecular weight is 327 g/mol. The van der Waals surface area contributed by atoms with Gasteiger partial charge in [0.1, 0.15) is 11.9 Å². The number of aromatic nitrogens is 4. The van der Waals surface area contributed by atoms with E-state index in [4.69, 9.17) is 0 Å². The summed E-state index contributed by atoms with van der Waals surface area (Å²) in [6, 6.07) is 7.77. The summed E-state index contributed by atoms with van der Waals surface area (Å²) in [6.45, 7) is 4.11. The van der Waals surface area contributed by atoms with Crippen LogP contribution in [0.4, 0.5) is 10.1 Å². The second-order valence-electron chi connectivity index (χ2n) is 5.64. The van der Waals surface area contributed by atoms with Gasteiger partial charge in [-0.1, -0.05) is 12.1 Å². The van der Waals surface area contributed by atoms with Gasteiger partial charge in [0.05, 0.1) is 18.4 Å². The number of nitrogens with one attached hydrogen (secondary N) is 1. The zero-order valence-electron chi connectivity index (χ0n) is 13.5. The predicted octanol–water partition coefficient (Wildman–Crippen LogP) is 2.78. The van der Waals surface area contributed by atoms with Crippen LogP contribution in [0.3, 0.4) is 0 Å². The summed E-state index contributed by atoms with van der Waals surface area (Å²) in [6.07, 6.45) is 4.95. The summed E-state index contributed by atoms with van der Waals surface area (Å²) < 4.78 is 16.5. The third kappa shape index (κ3) is 3.51. The molecule has 1 amide bonds. The van der Waals surface area contributed by atoms with Gasteiger partial charge in [0.25, 0.3) is 0 Å². The Morgan fingerprint density at radius 2 is 2.17 bits per heavy atom. The molecule has 2 aromatic heterocycles. The average Bonchev–Trinajstić information content (AvgIpc) is 3.15. The van der Waals surface area contributed by atoms with Crippen molar-refractivity contribution in [3.8, 4) is 0 Å². The number of benzene rings is 1. The maximum Gasteiger partial charge on any atom is 0.249 e. The number of hydrogen-bond acceptors (Lipinski definition) is 3. The third-order valence-electron chi connectivity index (χ3n) is 3.75. The molecule has 0 aliphatic rings. The molecule has 0 bridgehead atoms. The van der Waals surface area contributed by atoms with E-state index in [1.807, 2.05) is 19.1 Å². The second-order valence-corrected chi connectivity index (χ2v) is 5.64. The summed E-state index contributed by atoms with van der Waals surface area (Å²) >= 11 is 0. The highest BCUT2D eigenvalue weighted by Crippen LogP contribution is 2.13. The van der Waals surface area contributed by atoms with Crippen LogP contribution in [0.1, 0.15) is 24.2 Å². The lowest BCUT2D eigenvalue weighted by Gasteiger charge is -2.13. The van der Waals surface area contributed by atoms with E-state index in [0.717, 1.165) is 11.3 Å². The molecule has 1 unspecified atom stereocenters. The number of carbonyl (C=O) groups is 1. The topological polar surface area (TPSA) is 64.7 Å². The molecule has 0 saturated carbocycles. The Hall–Kier alpha value is -2.96. The van der Waals surface area contributed by atoms with Crippen LogP contribution in [0, 0.1) is 12.7 Å². The second kappa shape index (κ2) is 6.66. The molecule has 1 atom stereocenters. The Labute approximate surface area is 138 Å². The number of halogens is 1. The maximum atomic E-state index is 13.2. The standard InChI is InChI=1S/C17H18FN5O/c1-12-6-7-19-23(12)13(2)17(24)21-16-9-20-22(11-16)10-14-4-3-5-15(18)8-14/h3-9,11,13H,10H2,1-2H3,(H,21,24). The van der Waals surface area contributed by atoms with Crippen molar-refractivity contribution in [2.75, 3.05) is 5.32 Å². The normalized spacial score (nSPS) is 12.1. The lowest BCUT2D eigenvalue weighted by molar-refractivity contribution is -0.119. The van der Waals surface area contributed by atoms with Crippen molar-refractivity contribution < 1.29 is 9.18 Å². The van der Waals surface area contributed by atoms with Gasteiger partial charge in [-0.15, -0.1) is 0 Å². The minimum absolute atomic E-state index is 0.174. The molecule has 3 aromatic rings. The van der Waals surface area contributed by atoms with Crippen molar-refractivity contribution in [1.82, 2.24) is 19.6 Å². The molecule has 0 aliphatic heterocycles. The van der Waals surface area contributed by atoms with E-state index in [2.05, 4.69) is 15.5 Å². The zero-order valence-corrected chi connectivity index (χ0v) is 13.5. The van der Waals surface area contributed by atoms with Gasteiger partial charge < -0.3 is 5.32 Å². The lowest BCUT2D eigenvalue weighted by atomic mass is 10.2. The highest BCUT2D eigenvalue weighted by atomic mass is 19.1. The molecular weight excluding hydrogens is 309 g/mol. The van der Waals surface area contributed by atoms with Crippen molar-refractivity contribution in [3.63, 3.8) is 0 Å². The first kappa shape index (κ1) is 15.9. The predicted molar refractivity (Wildman–Crippen MR) is 88.0 cm³/mol. The number of nitrogens with zero attached hydrogens (tertiary/aromatic N) is 4. The minimum Gasteiger partial charge on any atom is -0.322 e. The molecule has 0 fully saturated rings. The van der Waals surface area contributed by atoms with Crippen LogP contribution < -0.4 is 5.32 Å². The van der Waals surface area contributed by atoms with Crippen LogP contribution >= 0.6 is 0 Å². The first-order chi connectivity index (χ1) is 11.5. The monoisotopic (exact) mass is 327 g/mol. The van der Waals surface area contributed by atoms with E-state index in [0.29, 0.717) is 12.2 Å². The van der Waals surface area contributed by atoms with Crippen LogP contribution in [-0.4, -0.2) is 25.5 Å². The Morgan fingerprint density at radius 3 is 2.88 bits per heavy atom. The fourth-order valence-electron chi connectivity index (χ4n) is 2.48. The summed E-state index contributed by atoms with van der Waals surface area (Å²) in [7, 11) is 0. The summed E-state index contributed by atoms with van der Waals surface area (Å²) in [5.41, 5.74) is 2.31. The molecule has 0 radical (unpaired) electrons. The van der Waals surface area contributed by atoms with Crippen molar-refractivity contribution in [1.29, 1.82) is 0 Å². The molecule has 124 valence electrons. The van der Waals surface area contributed by atoms with Gasteiger partial charge in [0.15, 0.2) is 0 Å². The van der Waals surface area contributed by atoms with Crippen molar-refractivity contribution >= 4 is 11.6 Å². The van der Waals surface area contributed by atoms with Crippen molar-refractivity contribution in [2.24, 2.45) is 0 Å². The van der Waals surface area contributed by atoms with E-state index in [-0.39, 0.29) is 11.7 Å². The molecule has 24 heavy (non-hydrogen) atoms. The molecule has 1 N–H and O–H groups in total. The molecule has 0 saturated heterocycles. The van der Waals surface area contributed by atoms with Crippen molar-refractivity contribution in [3.05, 3.63) is 66.0 Å². The van der Waals surface area contributed by atoms with Crippen LogP contribution in [-0.2, 0) is 11.3 Å². The molecule has 6 nitrogen and oxygen atoms in total. The van der Waals surface area contributed by atoms with Gasteiger partial charge in [-0.25, -0.2) is 4.39 Å². The number of amides is 1. The fraction of sp³-hybridized carbons (Fsp3) is 0.235. The highest BCUT2D eigenvalue weighted by molar-refractivity contribution is 5.93. The maximum absolute atomic E-state index is 13.2. The third-order valence-corrected chi connectivity index (χ3v) is 3.75. The zero-order chi connectivity index (χ0) is 17.1. The Kier molecular flexibility index (Phi) is 4.41. The molecule has 1 aromatic carbocycles. The van der Waals surface area contributed by atoms with E-state index in [9.17, 15) is 9.18 Å². The van der Waals surface area contributed by atoms with Crippen LogP contribution in [0.15, 0.2) is 48.9 Å². The number of anilines is 1. The largest absolute Gasteiger partial charge is 0.322 e. The molecule has 2 heterocycles. The van der Waals surface area contributed by atoms with Crippen molar-refractivity contribution in [2.45, 2.75) is 26.4 Å². The fourth-order valence-corrected chi connectivity index (χ4v) is 2.48. The molecule has 7 heteroatoms. The number of rotatable bonds is 5. The van der Waals surface area contributed by atoms with E-state index < -0.39 is 6.04 Å². The van der Waals surface area contributed by atoms with Gasteiger partial charge in [-0.3, -0.25) is 14.2 Å². The quantitative estimate of drug-likeness (QED) is 0.784. The van der Waals surface area contributed by atoms with Crippen LogP contribution in [0.5, 0.6) is 0 Å². The minimum atomic E-state index is -0.424. The Bertz CT molecular complexity index is 854. The van der Waals surface area contributed by atoms with Crippen LogP contribution in [0.25, 0.3) is 0 Å². The number of aryl methyl sites for hydroxylation is 1. The summed E-state index contributed by atoms with van der Waals surface area (Å²) in [5.74, 6) is -0.455. The van der Waals surface area contributed by atoms with E-state index in [1.165, 1.54) is 12.1 Å². The SMILES string of the molecule is Cc1ccnn1C(C)C(=O)Nc1cnn(Cc2cccc(F)c2)c1. The molecule has 0 spiro atoms. The summed E-state index contributed by atoms with van der Waals surface area (Å²) in [5, 5.41) is 11.2. The lowest BCUT2D eigenvalue weighted by Crippen LogP contribution is -2.25. The van der Waals surface area contributed by atoms with Gasteiger partial charge in [-0.2, -0.15) is 10.2 Å². The number of carbonyl (C=O) groups excluding carboxylic acids is 1. The number of hydrogen-bond donors (Lipinski definition) is 1. The summed E-state index contributed by atoms with van der Waals surface area (Å²) in [4.78, 5) is 12.3. The van der Waals surface area contributed by atoms with E-state index >= 15 is 0 Å². The Balaban J connectivity index is 1.65. The van der Waals surface area contributed by atoms with Gasteiger partial charge in [0.2, 0.25) is 5.91 Å². The first-order valence-corrected chi connectivity index (χ1v) is 7.61. The molecule has 3 rings (SSSR count). The first-order valence-electron chi connectivity index (χ1n) is 7.61. The Morgan fingerprint density at radius 1 is 1.33 bits per heavy atom. The molecular formula is C17H18FN5O. The highest BCUT2D eigenvalue weighted by Gasteiger charge is 2.17. The van der Waals surface area contributed by atoms with E-state index in [1.54, 1.807) is 40.9 Å². The smallest absolute Gasteiger partial charge is 0.249 e. The van der Waals surface area contributed by atoms with Gasteiger partial charge in [0, 0.05) is 18.1 Å².